The van der Waals surface area contributed by atoms with Crippen molar-refractivity contribution in [3.8, 4) is 39.1 Å². The second kappa shape index (κ2) is 11.3. The first-order valence-corrected chi connectivity index (χ1v) is 17.4. The zero-order valence-electron chi connectivity index (χ0n) is 27.5. The average molecular weight is 636 g/mol. The van der Waals surface area contributed by atoms with E-state index < -0.39 is 5.41 Å². The van der Waals surface area contributed by atoms with Crippen LogP contribution in [-0.4, -0.2) is 4.57 Å². The molecule has 0 aliphatic heterocycles. The molecule has 0 saturated heterocycles. The molecule has 0 saturated carbocycles. The Kier molecular flexibility index (Phi) is 6.47. The number of hydrogen-bond donors (Lipinski definition) is 0. The minimum atomic E-state index is -0.465. The molecule has 0 fully saturated rings. The van der Waals surface area contributed by atoms with Crippen molar-refractivity contribution < 1.29 is 0 Å². The van der Waals surface area contributed by atoms with Gasteiger partial charge in [0.1, 0.15) is 0 Å². The van der Waals surface area contributed by atoms with Crippen molar-refractivity contribution in [1.29, 1.82) is 0 Å². The summed E-state index contributed by atoms with van der Waals surface area (Å²) in [6.07, 6.45) is 0. The SMILES string of the molecule is c1ccc(-c2ccc3c4ccc(-c5ccccc5)cc4n(-c4cccc(C5(c6ccccc6)c6ccccc6-c6ccccc65)c4)c3c2)cc1. The summed E-state index contributed by atoms with van der Waals surface area (Å²) >= 11 is 0. The lowest BCUT2D eigenvalue weighted by atomic mass is 9.67. The van der Waals surface area contributed by atoms with Crippen LogP contribution in [0.4, 0.5) is 0 Å². The third-order valence-electron chi connectivity index (χ3n) is 10.7. The second-order valence-electron chi connectivity index (χ2n) is 13.3. The zero-order chi connectivity index (χ0) is 33.1. The van der Waals surface area contributed by atoms with Gasteiger partial charge < -0.3 is 4.57 Å². The van der Waals surface area contributed by atoms with Crippen LogP contribution in [0.15, 0.2) is 200 Å². The Morgan fingerprint density at radius 1 is 0.320 bits per heavy atom. The molecule has 9 aromatic rings. The summed E-state index contributed by atoms with van der Waals surface area (Å²) in [4.78, 5) is 0. The van der Waals surface area contributed by atoms with Gasteiger partial charge in [0, 0.05) is 16.5 Å². The molecule has 0 amide bonds. The molecular formula is C49H33N. The van der Waals surface area contributed by atoms with Gasteiger partial charge in [-0.15, -0.1) is 0 Å². The van der Waals surface area contributed by atoms with E-state index in [1.165, 1.54) is 77.4 Å². The quantitative estimate of drug-likeness (QED) is 0.177. The lowest BCUT2D eigenvalue weighted by Gasteiger charge is -2.34. The molecule has 1 aromatic heterocycles. The maximum absolute atomic E-state index is 2.48. The Labute approximate surface area is 292 Å². The standard InChI is InChI=1S/C49H33N/c1-4-15-34(16-5-1)36-27-29-43-44-30-28-37(35-17-6-2-7-18-35)32-48(44)50(47(43)31-36)40-22-14-21-39(33-40)49(38-19-8-3-9-20-38)45-25-12-10-23-41(45)42-24-11-13-26-46(42)49/h1-33H. The molecule has 0 unspecified atom stereocenters. The third kappa shape index (κ3) is 4.20. The van der Waals surface area contributed by atoms with Gasteiger partial charge in [-0.25, -0.2) is 0 Å². The molecule has 0 N–H and O–H groups in total. The van der Waals surface area contributed by atoms with Gasteiger partial charge in [0.05, 0.1) is 16.4 Å². The number of hydrogen-bond acceptors (Lipinski definition) is 0. The van der Waals surface area contributed by atoms with Gasteiger partial charge >= 0.3 is 0 Å². The highest BCUT2D eigenvalue weighted by Crippen LogP contribution is 2.56. The predicted octanol–water partition coefficient (Wildman–Crippen LogP) is 12.5. The molecule has 1 heteroatoms. The molecule has 234 valence electrons. The molecule has 50 heavy (non-hydrogen) atoms. The molecule has 8 aromatic carbocycles. The number of aromatic nitrogens is 1. The van der Waals surface area contributed by atoms with E-state index in [1.807, 2.05) is 0 Å². The normalized spacial score (nSPS) is 13.0. The van der Waals surface area contributed by atoms with Crippen molar-refractivity contribution in [3.63, 3.8) is 0 Å². The van der Waals surface area contributed by atoms with Gasteiger partial charge in [0.15, 0.2) is 0 Å². The molecule has 0 spiro atoms. The van der Waals surface area contributed by atoms with E-state index >= 15 is 0 Å². The summed E-state index contributed by atoms with van der Waals surface area (Å²) in [7, 11) is 0. The highest BCUT2D eigenvalue weighted by Gasteiger charge is 2.45. The van der Waals surface area contributed by atoms with Crippen molar-refractivity contribution in [1.82, 2.24) is 4.57 Å². The molecule has 10 rings (SSSR count). The van der Waals surface area contributed by atoms with E-state index in [0.29, 0.717) is 0 Å². The van der Waals surface area contributed by atoms with Crippen LogP contribution in [0, 0.1) is 0 Å². The summed E-state index contributed by atoms with van der Waals surface area (Å²) in [6, 6.07) is 73.6. The fraction of sp³-hybridized carbons (Fsp3) is 0.0204. The fourth-order valence-corrected chi connectivity index (χ4v) is 8.51. The molecule has 0 atom stereocenters. The van der Waals surface area contributed by atoms with Crippen LogP contribution in [0.1, 0.15) is 22.3 Å². The second-order valence-corrected chi connectivity index (χ2v) is 13.3. The zero-order valence-corrected chi connectivity index (χ0v) is 27.5. The first kappa shape index (κ1) is 28.6. The molecule has 0 bridgehead atoms. The molecule has 1 nitrogen and oxygen atoms in total. The minimum Gasteiger partial charge on any atom is -0.309 e. The highest BCUT2D eigenvalue weighted by molar-refractivity contribution is 6.11. The number of fused-ring (bicyclic) bond motifs is 6. The van der Waals surface area contributed by atoms with Crippen molar-refractivity contribution in [2.24, 2.45) is 0 Å². The average Bonchev–Trinajstić information content (AvgIpc) is 3.69. The van der Waals surface area contributed by atoms with Crippen molar-refractivity contribution in [3.05, 3.63) is 222 Å². The van der Waals surface area contributed by atoms with E-state index in [1.54, 1.807) is 0 Å². The maximum atomic E-state index is 2.48. The number of benzene rings is 8. The summed E-state index contributed by atoms with van der Waals surface area (Å²) < 4.78 is 2.48. The summed E-state index contributed by atoms with van der Waals surface area (Å²) in [5, 5.41) is 2.50. The van der Waals surface area contributed by atoms with Crippen LogP contribution in [0.5, 0.6) is 0 Å². The maximum Gasteiger partial charge on any atom is 0.0714 e. The first-order valence-electron chi connectivity index (χ1n) is 17.4. The third-order valence-corrected chi connectivity index (χ3v) is 10.7. The molecule has 0 radical (unpaired) electrons. The van der Waals surface area contributed by atoms with Gasteiger partial charge in [0.25, 0.3) is 0 Å². The van der Waals surface area contributed by atoms with E-state index in [2.05, 4.69) is 205 Å². The van der Waals surface area contributed by atoms with Crippen molar-refractivity contribution in [2.45, 2.75) is 5.41 Å². The smallest absolute Gasteiger partial charge is 0.0714 e. The van der Waals surface area contributed by atoms with E-state index in [-0.39, 0.29) is 0 Å². The Morgan fingerprint density at radius 2 is 0.780 bits per heavy atom. The topological polar surface area (TPSA) is 4.93 Å². The van der Waals surface area contributed by atoms with Crippen LogP contribution in [-0.2, 0) is 5.41 Å². The lowest BCUT2D eigenvalue weighted by molar-refractivity contribution is 0.767. The van der Waals surface area contributed by atoms with Crippen LogP contribution in [0.2, 0.25) is 0 Å². The van der Waals surface area contributed by atoms with Gasteiger partial charge in [0.2, 0.25) is 0 Å². The van der Waals surface area contributed by atoms with Crippen LogP contribution >= 0.6 is 0 Å². The predicted molar refractivity (Wildman–Crippen MR) is 209 cm³/mol. The Hall–Kier alpha value is -6.44. The first-order chi connectivity index (χ1) is 24.8. The minimum absolute atomic E-state index is 0.465. The van der Waals surface area contributed by atoms with Crippen LogP contribution in [0.3, 0.4) is 0 Å². The molecule has 1 heterocycles. The highest BCUT2D eigenvalue weighted by atomic mass is 15.0. The molecule has 1 aliphatic carbocycles. The fourth-order valence-electron chi connectivity index (χ4n) is 8.51. The van der Waals surface area contributed by atoms with E-state index in [9.17, 15) is 0 Å². The Morgan fingerprint density at radius 3 is 1.32 bits per heavy atom. The molecular weight excluding hydrogens is 603 g/mol. The van der Waals surface area contributed by atoms with Gasteiger partial charge in [-0.3, -0.25) is 0 Å². The lowest BCUT2D eigenvalue weighted by Crippen LogP contribution is -2.28. The van der Waals surface area contributed by atoms with Crippen molar-refractivity contribution >= 4 is 21.8 Å². The Balaban J connectivity index is 1.28. The van der Waals surface area contributed by atoms with E-state index in [4.69, 9.17) is 0 Å². The number of nitrogens with zero attached hydrogens (tertiary/aromatic N) is 1. The van der Waals surface area contributed by atoms with Crippen LogP contribution < -0.4 is 0 Å². The largest absolute Gasteiger partial charge is 0.309 e. The molecule has 1 aliphatic rings. The van der Waals surface area contributed by atoms with Crippen molar-refractivity contribution in [2.75, 3.05) is 0 Å². The van der Waals surface area contributed by atoms with Gasteiger partial charge in [-0.1, -0.05) is 176 Å². The van der Waals surface area contributed by atoms with Gasteiger partial charge in [-0.05, 0) is 79.9 Å². The summed E-state index contributed by atoms with van der Waals surface area (Å²) in [5.41, 5.74) is 15.7. The Bertz CT molecular complexity index is 2540. The number of rotatable bonds is 5. The van der Waals surface area contributed by atoms with Crippen LogP contribution in [0.25, 0.3) is 60.9 Å². The summed E-state index contributed by atoms with van der Waals surface area (Å²) in [6.45, 7) is 0. The van der Waals surface area contributed by atoms with E-state index in [0.717, 1.165) is 5.69 Å². The van der Waals surface area contributed by atoms with Gasteiger partial charge in [-0.2, -0.15) is 0 Å². The summed E-state index contributed by atoms with van der Waals surface area (Å²) in [5.74, 6) is 0. The monoisotopic (exact) mass is 635 g/mol.